The second-order valence-corrected chi connectivity index (χ2v) is 5.84. The molecule has 2 aromatic rings. The summed E-state index contributed by atoms with van der Waals surface area (Å²) in [4.78, 5) is 0.860. The Morgan fingerprint density at radius 1 is 1.26 bits per heavy atom. The third-order valence-corrected chi connectivity index (χ3v) is 4.28. The summed E-state index contributed by atoms with van der Waals surface area (Å²) in [6.45, 7) is 0. The molecule has 2 aromatic carbocycles. The lowest BCUT2D eigenvalue weighted by atomic mass is 10.2. The predicted octanol–water partition coefficient (Wildman–Crippen LogP) is 4.47. The molecule has 0 bridgehead atoms. The van der Waals surface area contributed by atoms with E-state index in [1.807, 2.05) is 24.3 Å². The number of thioether (sulfide) groups is 1. The molecule has 0 aliphatic heterocycles. The SMILES string of the molecule is COc1ccc(CSc2ccc(N)c(F)c2)cc1Br. The highest BCUT2D eigenvalue weighted by Gasteiger charge is 2.04. The molecule has 19 heavy (non-hydrogen) atoms. The topological polar surface area (TPSA) is 35.2 Å². The van der Waals surface area contributed by atoms with Gasteiger partial charge in [0.1, 0.15) is 11.6 Å². The first kappa shape index (κ1) is 14.2. The van der Waals surface area contributed by atoms with Crippen molar-refractivity contribution in [3.05, 3.63) is 52.3 Å². The van der Waals surface area contributed by atoms with Gasteiger partial charge >= 0.3 is 0 Å². The number of rotatable bonds is 4. The van der Waals surface area contributed by atoms with E-state index in [0.29, 0.717) is 0 Å². The van der Waals surface area contributed by atoms with E-state index in [9.17, 15) is 4.39 Å². The number of hydrogen-bond donors (Lipinski definition) is 1. The first-order valence-corrected chi connectivity index (χ1v) is 7.38. The van der Waals surface area contributed by atoms with E-state index in [-0.39, 0.29) is 11.5 Å². The smallest absolute Gasteiger partial charge is 0.147 e. The van der Waals surface area contributed by atoms with E-state index in [4.69, 9.17) is 10.5 Å². The fraction of sp³-hybridized carbons (Fsp3) is 0.143. The zero-order valence-corrected chi connectivity index (χ0v) is 12.7. The highest BCUT2D eigenvalue weighted by atomic mass is 79.9. The lowest BCUT2D eigenvalue weighted by Gasteiger charge is -2.07. The van der Waals surface area contributed by atoms with Crippen molar-refractivity contribution < 1.29 is 9.13 Å². The van der Waals surface area contributed by atoms with Crippen LogP contribution in [0.4, 0.5) is 10.1 Å². The summed E-state index contributed by atoms with van der Waals surface area (Å²) >= 11 is 5.01. The van der Waals surface area contributed by atoms with Crippen LogP contribution in [0.25, 0.3) is 0 Å². The molecule has 0 aliphatic rings. The molecule has 0 heterocycles. The van der Waals surface area contributed by atoms with Crippen molar-refractivity contribution in [2.45, 2.75) is 10.6 Å². The van der Waals surface area contributed by atoms with Crippen LogP contribution < -0.4 is 10.5 Å². The van der Waals surface area contributed by atoms with Crippen molar-refractivity contribution in [1.82, 2.24) is 0 Å². The Bertz CT molecular complexity index is 592. The first-order chi connectivity index (χ1) is 9.10. The van der Waals surface area contributed by atoms with E-state index >= 15 is 0 Å². The second kappa shape index (κ2) is 6.30. The van der Waals surface area contributed by atoms with Crippen LogP contribution in [-0.2, 0) is 5.75 Å². The van der Waals surface area contributed by atoms with Gasteiger partial charge in [0, 0.05) is 10.6 Å². The molecule has 0 fully saturated rings. The van der Waals surface area contributed by atoms with Crippen LogP contribution in [0.15, 0.2) is 45.8 Å². The fourth-order valence-corrected chi connectivity index (χ4v) is 3.02. The van der Waals surface area contributed by atoms with Gasteiger partial charge in [0.2, 0.25) is 0 Å². The van der Waals surface area contributed by atoms with Gasteiger partial charge in [-0.25, -0.2) is 4.39 Å². The Labute approximate surface area is 124 Å². The van der Waals surface area contributed by atoms with Gasteiger partial charge in [-0.1, -0.05) is 6.07 Å². The van der Waals surface area contributed by atoms with Gasteiger partial charge < -0.3 is 10.5 Å². The van der Waals surface area contributed by atoms with Crippen LogP contribution in [0.1, 0.15) is 5.56 Å². The second-order valence-electron chi connectivity index (χ2n) is 3.94. The lowest BCUT2D eigenvalue weighted by Crippen LogP contribution is -1.90. The molecular formula is C14H13BrFNOS. The Balaban J connectivity index is 2.05. The van der Waals surface area contributed by atoms with Crippen molar-refractivity contribution in [3.63, 3.8) is 0 Å². The molecule has 2 N–H and O–H groups in total. The minimum atomic E-state index is -0.374. The van der Waals surface area contributed by atoms with E-state index in [1.165, 1.54) is 6.07 Å². The van der Waals surface area contributed by atoms with Gasteiger partial charge in [-0.15, -0.1) is 11.8 Å². The zero-order chi connectivity index (χ0) is 13.8. The maximum atomic E-state index is 13.3. The summed E-state index contributed by atoms with van der Waals surface area (Å²) in [5.41, 5.74) is 6.75. The molecule has 0 unspecified atom stereocenters. The Kier molecular flexibility index (Phi) is 4.71. The lowest BCUT2D eigenvalue weighted by molar-refractivity contribution is 0.412. The summed E-state index contributed by atoms with van der Waals surface area (Å²) in [7, 11) is 1.63. The molecule has 0 saturated heterocycles. The van der Waals surface area contributed by atoms with E-state index in [2.05, 4.69) is 15.9 Å². The largest absolute Gasteiger partial charge is 0.496 e. The Morgan fingerprint density at radius 3 is 2.68 bits per heavy atom. The van der Waals surface area contributed by atoms with E-state index in [1.54, 1.807) is 24.9 Å². The average Bonchev–Trinajstić information content (AvgIpc) is 2.40. The minimum absolute atomic E-state index is 0.177. The van der Waals surface area contributed by atoms with Crippen LogP contribution in [0.2, 0.25) is 0 Å². The zero-order valence-electron chi connectivity index (χ0n) is 10.3. The van der Waals surface area contributed by atoms with Crippen molar-refractivity contribution in [3.8, 4) is 5.75 Å². The summed E-state index contributed by atoms with van der Waals surface area (Å²) in [5, 5.41) is 0. The maximum absolute atomic E-state index is 13.3. The third-order valence-electron chi connectivity index (χ3n) is 2.59. The fourth-order valence-electron chi connectivity index (χ4n) is 1.56. The van der Waals surface area contributed by atoms with Crippen LogP contribution >= 0.6 is 27.7 Å². The molecule has 2 rings (SSSR count). The normalized spacial score (nSPS) is 10.5. The highest BCUT2D eigenvalue weighted by Crippen LogP contribution is 2.30. The number of benzene rings is 2. The summed E-state index contributed by atoms with van der Waals surface area (Å²) in [6, 6.07) is 10.8. The third kappa shape index (κ3) is 3.64. The number of methoxy groups -OCH3 is 1. The number of halogens is 2. The molecule has 0 spiro atoms. The summed E-state index contributed by atoms with van der Waals surface area (Å²) < 4.78 is 19.4. The highest BCUT2D eigenvalue weighted by molar-refractivity contribution is 9.10. The number of ether oxygens (including phenoxy) is 1. The van der Waals surface area contributed by atoms with E-state index < -0.39 is 0 Å². The van der Waals surface area contributed by atoms with Gasteiger partial charge in [-0.05, 0) is 51.8 Å². The molecule has 0 radical (unpaired) electrons. The van der Waals surface area contributed by atoms with Crippen LogP contribution in [0.5, 0.6) is 5.75 Å². The molecule has 0 amide bonds. The number of nitrogen functional groups attached to an aromatic ring is 1. The van der Waals surface area contributed by atoms with Crippen molar-refractivity contribution in [2.24, 2.45) is 0 Å². The van der Waals surface area contributed by atoms with Gasteiger partial charge in [0.15, 0.2) is 0 Å². The number of anilines is 1. The van der Waals surface area contributed by atoms with Crippen LogP contribution in [0, 0.1) is 5.82 Å². The maximum Gasteiger partial charge on any atom is 0.147 e. The molecule has 2 nitrogen and oxygen atoms in total. The number of hydrogen-bond acceptors (Lipinski definition) is 3. The quantitative estimate of drug-likeness (QED) is 0.658. The van der Waals surface area contributed by atoms with Crippen molar-refractivity contribution >= 4 is 33.4 Å². The van der Waals surface area contributed by atoms with Gasteiger partial charge in [-0.2, -0.15) is 0 Å². The molecule has 5 heteroatoms. The number of nitrogens with two attached hydrogens (primary N) is 1. The van der Waals surface area contributed by atoms with E-state index in [0.717, 1.165) is 26.4 Å². The molecule has 0 atom stereocenters. The minimum Gasteiger partial charge on any atom is -0.496 e. The standard InChI is InChI=1S/C14H13BrFNOS/c1-18-14-5-2-9(6-11(14)15)8-19-10-3-4-13(17)12(16)7-10/h2-7H,8,17H2,1H3. The van der Waals surface area contributed by atoms with Crippen LogP contribution in [-0.4, -0.2) is 7.11 Å². The summed E-state index contributed by atoms with van der Waals surface area (Å²) in [5.74, 6) is 1.18. The monoisotopic (exact) mass is 341 g/mol. The molecule has 0 aliphatic carbocycles. The predicted molar refractivity (Wildman–Crippen MR) is 81.1 cm³/mol. The summed E-state index contributed by atoms with van der Waals surface area (Å²) in [6.07, 6.45) is 0. The van der Waals surface area contributed by atoms with Crippen LogP contribution in [0.3, 0.4) is 0 Å². The van der Waals surface area contributed by atoms with Crippen molar-refractivity contribution in [2.75, 3.05) is 12.8 Å². The van der Waals surface area contributed by atoms with Gasteiger partial charge in [-0.3, -0.25) is 0 Å². The molecule has 0 aromatic heterocycles. The first-order valence-electron chi connectivity index (χ1n) is 5.60. The Morgan fingerprint density at radius 2 is 2.05 bits per heavy atom. The molecule has 0 saturated carbocycles. The van der Waals surface area contributed by atoms with Crippen molar-refractivity contribution in [1.29, 1.82) is 0 Å². The molecular weight excluding hydrogens is 329 g/mol. The van der Waals surface area contributed by atoms with Gasteiger partial charge in [0.25, 0.3) is 0 Å². The molecule has 100 valence electrons. The van der Waals surface area contributed by atoms with Gasteiger partial charge in [0.05, 0.1) is 17.3 Å². The Hall–Kier alpha value is -1.20. The average molecular weight is 342 g/mol.